The maximum absolute atomic E-state index is 13.5. The van der Waals surface area contributed by atoms with Crippen LogP contribution in [0.5, 0.6) is 0 Å². The Hall–Kier alpha value is -2.45. The lowest BCUT2D eigenvalue weighted by Gasteiger charge is -2.26. The molecule has 3 N–H and O–H groups in total. The number of carbonyl (C=O) groups is 2. The number of benzene rings is 1. The zero-order valence-electron chi connectivity index (χ0n) is 17.4. The van der Waals surface area contributed by atoms with E-state index in [1.807, 2.05) is 6.07 Å². The molecule has 1 saturated heterocycles. The van der Waals surface area contributed by atoms with Crippen molar-refractivity contribution in [3.8, 4) is 6.07 Å². The van der Waals surface area contributed by atoms with Crippen molar-refractivity contribution in [2.45, 2.75) is 48.2 Å². The molecule has 0 bridgehead atoms. The molecule has 12 heteroatoms. The lowest BCUT2D eigenvalue weighted by atomic mass is 9.77. The van der Waals surface area contributed by atoms with Crippen molar-refractivity contribution in [2.75, 3.05) is 18.0 Å². The topological polar surface area (TPSA) is 142 Å². The fourth-order valence-corrected chi connectivity index (χ4v) is 7.78. The van der Waals surface area contributed by atoms with E-state index in [-0.39, 0.29) is 48.6 Å². The maximum Gasteiger partial charge on any atom is 0.310 e. The second-order valence-electron chi connectivity index (χ2n) is 9.22. The summed E-state index contributed by atoms with van der Waals surface area (Å²) in [6, 6.07) is 5.81. The number of rotatable bonds is 6. The van der Waals surface area contributed by atoms with Crippen LogP contribution in [0.25, 0.3) is 0 Å². The van der Waals surface area contributed by atoms with Crippen molar-refractivity contribution in [3.05, 3.63) is 23.2 Å². The molecule has 3 fully saturated rings. The maximum atomic E-state index is 13.5. The molecule has 4 rings (SSSR count). The van der Waals surface area contributed by atoms with Gasteiger partial charge < -0.3 is 15.7 Å². The average Bonchev–Trinajstić information content (AvgIpc) is 3.13. The minimum atomic E-state index is -4.07. The molecule has 0 spiro atoms. The molecule has 1 aliphatic heterocycles. The number of primary amides is 1. The van der Waals surface area contributed by atoms with E-state index in [9.17, 15) is 37.2 Å². The number of sulfone groups is 1. The van der Waals surface area contributed by atoms with Crippen LogP contribution in [0.15, 0.2) is 23.1 Å². The number of nitriles is 1. The van der Waals surface area contributed by atoms with Gasteiger partial charge in [-0.2, -0.15) is 5.26 Å². The molecule has 33 heavy (non-hydrogen) atoms. The van der Waals surface area contributed by atoms with Crippen LogP contribution in [0.2, 0.25) is 5.02 Å². The third kappa shape index (κ3) is 3.64. The number of anilines is 1. The number of hydrogen-bond acceptors (Lipinski definition) is 6. The van der Waals surface area contributed by atoms with E-state index < -0.39 is 56.2 Å². The molecule has 2 unspecified atom stereocenters. The van der Waals surface area contributed by atoms with Crippen LogP contribution >= 0.6 is 11.6 Å². The third-order valence-corrected chi connectivity index (χ3v) is 10.1. The molecular formula is C21H22ClF2N3O5S. The number of amides is 1. The van der Waals surface area contributed by atoms with Crippen molar-refractivity contribution < 1.29 is 31.9 Å². The van der Waals surface area contributed by atoms with Gasteiger partial charge in [-0.15, -0.1) is 0 Å². The van der Waals surface area contributed by atoms with Crippen LogP contribution in [0.1, 0.15) is 32.1 Å². The standard InChI is InChI=1S/C21H22ClF2N3O5S/c22-14-7-12(27-6-5-21(23,24)11-27)1-2-15(14)33(31,32)13-3-4-19(8-13,18(29)30)16-9-20(16,10-25)17(26)28/h1-2,7,13,16H,3-6,8-9,11H2,(H2,26,28)(H,29,30)/t13-,16?,19+,20?/m0/s1. The van der Waals surface area contributed by atoms with E-state index in [1.54, 1.807) is 0 Å². The number of carboxylic acids is 1. The Morgan fingerprint density at radius 2 is 1.97 bits per heavy atom. The first-order valence-corrected chi connectivity index (χ1v) is 12.3. The van der Waals surface area contributed by atoms with Crippen molar-refractivity contribution in [1.29, 1.82) is 5.26 Å². The molecule has 1 aromatic carbocycles. The summed E-state index contributed by atoms with van der Waals surface area (Å²) in [6.07, 6.45) is -0.606. The van der Waals surface area contributed by atoms with Crippen LogP contribution in [-0.4, -0.2) is 49.7 Å². The van der Waals surface area contributed by atoms with E-state index in [0.29, 0.717) is 5.69 Å². The molecular weight excluding hydrogens is 480 g/mol. The molecule has 2 saturated carbocycles. The molecule has 178 valence electrons. The zero-order chi connectivity index (χ0) is 24.4. The van der Waals surface area contributed by atoms with Crippen LogP contribution in [0, 0.1) is 28.1 Å². The fraction of sp³-hybridized carbons (Fsp3) is 0.571. The first kappa shape index (κ1) is 23.7. The Kier molecular flexibility index (Phi) is 5.41. The van der Waals surface area contributed by atoms with E-state index >= 15 is 0 Å². The van der Waals surface area contributed by atoms with Gasteiger partial charge in [-0.05, 0) is 43.9 Å². The monoisotopic (exact) mass is 501 g/mol. The quantitative estimate of drug-likeness (QED) is 0.610. The smallest absolute Gasteiger partial charge is 0.310 e. The van der Waals surface area contributed by atoms with Crippen LogP contribution in [0.3, 0.4) is 0 Å². The number of carbonyl (C=O) groups excluding carboxylic acids is 1. The summed E-state index contributed by atoms with van der Waals surface area (Å²) < 4.78 is 53.7. The first-order valence-electron chi connectivity index (χ1n) is 10.4. The molecule has 0 aromatic heterocycles. The number of alkyl halides is 2. The minimum Gasteiger partial charge on any atom is -0.481 e. The van der Waals surface area contributed by atoms with Crippen molar-refractivity contribution in [1.82, 2.24) is 0 Å². The van der Waals surface area contributed by atoms with Crippen LogP contribution in [0.4, 0.5) is 14.5 Å². The Labute approximate surface area is 194 Å². The van der Waals surface area contributed by atoms with E-state index in [4.69, 9.17) is 17.3 Å². The lowest BCUT2D eigenvalue weighted by molar-refractivity contribution is -0.150. The highest BCUT2D eigenvalue weighted by molar-refractivity contribution is 7.92. The number of halogens is 3. The highest BCUT2D eigenvalue weighted by Crippen LogP contribution is 2.66. The van der Waals surface area contributed by atoms with E-state index in [1.165, 1.54) is 23.1 Å². The van der Waals surface area contributed by atoms with Crippen molar-refractivity contribution >= 4 is 39.0 Å². The van der Waals surface area contributed by atoms with Gasteiger partial charge in [0, 0.05) is 24.6 Å². The van der Waals surface area contributed by atoms with Gasteiger partial charge in [-0.1, -0.05) is 11.6 Å². The molecule has 0 radical (unpaired) electrons. The molecule has 1 amide bonds. The third-order valence-electron chi connectivity index (χ3n) is 7.39. The Balaban J connectivity index is 1.59. The largest absolute Gasteiger partial charge is 0.481 e. The molecule has 2 aliphatic carbocycles. The normalized spacial score (nSPS) is 33.0. The predicted molar refractivity (Wildman–Crippen MR) is 113 cm³/mol. The summed E-state index contributed by atoms with van der Waals surface area (Å²) in [6.45, 7) is -0.373. The Morgan fingerprint density at radius 1 is 1.27 bits per heavy atom. The van der Waals surface area contributed by atoms with Gasteiger partial charge in [0.2, 0.25) is 5.91 Å². The van der Waals surface area contributed by atoms with Crippen molar-refractivity contribution in [2.24, 2.45) is 22.5 Å². The van der Waals surface area contributed by atoms with E-state index in [0.717, 1.165) is 0 Å². The lowest BCUT2D eigenvalue weighted by Crippen LogP contribution is -2.37. The number of hydrogen-bond donors (Lipinski definition) is 2. The summed E-state index contributed by atoms with van der Waals surface area (Å²) in [5.74, 6) is -5.86. The summed E-state index contributed by atoms with van der Waals surface area (Å²) in [5, 5.41) is 18.1. The second kappa shape index (κ2) is 7.53. The van der Waals surface area contributed by atoms with Crippen LogP contribution in [-0.2, 0) is 19.4 Å². The summed E-state index contributed by atoms with van der Waals surface area (Å²) in [7, 11) is -4.07. The highest BCUT2D eigenvalue weighted by Gasteiger charge is 2.72. The van der Waals surface area contributed by atoms with Gasteiger partial charge in [-0.25, -0.2) is 17.2 Å². The Morgan fingerprint density at radius 3 is 2.45 bits per heavy atom. The zero-order valence-corrected chi connectivity index (χ0v) is 19.0. The number of carboxylic acid groups (broad SMARTS) is 1. The van der Waals surface area contributed by atoms with Gasteiger partial charge in [0.1, 0.15) is 5.41 Å². The van der Waals surface area contributed by atoms with Gasteiger partial charge >= 0.3 is 5.97 Å². The second-order valence-corrected chi connectivity index (χ2v) is 11.8. The number of aliphatic carboxylic acids is 1. The highest BCUT2D eigenvalue weighted by atomic mass is 35.5. The fourth-order valence-electron chi connectivity index (χ4n) is 5.39. The molecule has 4 atom stereocenters. The minimum absolute atomic E-state index is 0.0157. The molecule has 1 heterocycles. The van der Waals surface area contributed by atoms with Gasteiger partial charge in [0.05, 0.1) is 33.2 Å². The van der Waals surface area contributed by atoms with Crippen LogP contribution < -0.4 is 10.6 Å². The SMILES string of the molecule is N#CC1(C(N)=O)CC1[C@@]1(C(=O)O)CC[C@H](S(=O)(=O)c2ccc(N3CCC(F)(F)C3)cc2Cl)C1. The molecule has 1 aromatic rings. The van der Waals surface area contributed by atoms with Crippen molar-refractivity contribution in [3.63, 3.8) is 0 Å². The summed E-state index contributed by atoms with van der Waals surface area (Å²) >= 11 is 6.25. The molecule has 3 aliphatic rings. The van der Waals surface area contributed by atoms with Gasteiger partial charge in [0.25, 0.3) is 5.92 Å². The summed E-state index contributed by atoms with van der Waals surface area (Å²) in [4.78, 5) is 25.2. The summed E-state index contributed by atoms with van der Waals surface area (Å²) in [5.41, 5.74) is 2.55. The Bertz CT molecular complexity index is 1190. The average molecular weight is 502 g/mol. The van der Waals surface area contributed by atoms with E-state index in [2.05, 4.69) is 0 Å². The number of nitrogens with zero attached hydrogens (tertiary/aromatic N) is 2. The predicted octanol–water partition coefficient (Wildman–Crippen LogP) is 2.60. The van der Waals surface area contributed by atoms with Gasteiger partial charge in [-0.3, -0.25) is 9.59 Å². The first-order chi connectivity index (χ1) is 15.3. The number of nitrogens with two attached hydrogens (primary N) is 1. The van der Waals surface area contributed by atoms with Gasteiger partial charge in [0.15, 0.2) is 9.84 Å². The molecule has 8 nitrogen and oxygen atoms in total.